The Morgan fingerprint density at radius 1 is 1.15 bits per heavy atom. The zero-order valence-electron chi connectivity index (χ0n) is 10.4. The highest BCUT2D eigenvalue weighted by Gasteiger charge is 2.07. The molecule has 104 valence electrons. The molecule has 0 aliphatic rings. The number of nitrogens with two attached hydrogens (primary N) is 2. The minimum atomic E-state index is -0.526. The second-order valence-corrected chi connectivity index (χ2v) is 4.98. The standard InChI is InChI=1S/C14H12Cl2N2O2/c15-10-3-4-11(16)13(6-10)20-7-9-2-1-8(14(18)19)5-12(9)17/h1-6H,7,17H2,(H2,18,19). The fourth-order valence-electron chi connectivity index (χ4n) is 1.62. The number of ether oxygens (including phenoxy) is 1. The monoisotopic (exact) mass is 310 g/mol. The van der Waals surface area contributed by atoms with E-state index in [2.05, 4.69) is 0 Å². The summed E-state index contributed by atoms with van der Waals surface area (Å²) in [6, 6.07) is 9.74. The van der Waals surface area contributed by atoms with E-state index in [9.17, 15) is 4.79 Å². The Labute approximate surface area is 126 Å². The third kappa shape index (κ3) is 3.35. The minimum absolute atomic E-state index is 0.213. The van der Waals surface area contributed by atoms with Crippen LogP contribution in [0.3, 0.4) is 0 Å². The largest absolute Gasteiger partial charge is 0.487 e. The molecule has 20 heavy (non-hydrogen) atoms. The highest BCUT2D eigenvalue weighted by Crippen LogP contribution is 2.29. The molecule has 4 N–H and O–H groups in total. The third-order valence-electron chi connectivity index (χ3n) is 2.71. The molecule has 0 radical (unpaired) electrons. The lowest BCUT2D eigenvalue weighted by Gasteiger charge is -2.11. The van der Waals surface area contributed by atoms with Gasteiger partial charge >= 0.3 is 0 Å². The topological polar surface area (TPSA) is 78.3 Å². The van der Waals surface area contributed by atoms with Crippen molar-refractivity contribution in [2.75, 3.05) is 5.73 Å². The summed E-state index contributed by atoms with van der Waals surface area (Å²) in [5, 5.41) is 0.989. The summed E-state index contributed by atoms with van der Waals surface area (Å²) in [5.74, 6) is -0.0559. The van der Waals surface area contributed by atoms with Crippen molar-refractivity contribution in [1.82, 2.24) is 0 Å². The maximum absolute atomic E-state index is 11.0. The van der Waals surface area contributed by atoms with E-state index in [1.807, 2.05) is 0 Å². The fourth-order valence-corrected chi connectivity index (χ4v) is 1.96. The Morgan fingerprint density at radius 3 is 2.55 bits per heavy atom. The molecule has 0 atom stereocenters. The average Bonchev–Trinajstić information content (AvgIpc) is 2.40. The van der Waals surface area contributed by atoms with Gasteiger partial charge in [-0.2, -0.15) is 0 Å². The molecule has 2 rings (SSSR count). The number of halogens is 2. The molecule has 2 aromatic rings. The number of rotatable bonds is 4. The van der Waals surface area contributed by atoms with Gasteiger partial charge in [0.2, 0.25) is 5.91 Å². The normalized spacial score (nSPS) is 10.3. The van der Waals surface area contributed by atoms with Gasteiger partial charge in [-0.1, -0.05) is 29.3 Å². The van der Waals surface area contributed by atoms with Crippen LogP contribution < -0.4 is 16.2 Å². The third-order valence-corrected chi connectivity index (χ3v) is 3.25. The van der Waals surface area contributed by atoms with E-state index < -0.39 is 5.91 Å². The van der Waals surface area contributed by atoms with E-state index in [1.165, 1.54) is 6.07 Å². The summed E-state index contributed by atoms with van der Waals surface area (Å²) in [7, 11) is 0. The van der Waals surface area contributed by atoms with Gasteiger partial charge in [-0.15, -0.1) is 0 Å². The summed E-state index contributed by atoms with van der Waals surface area (Å²) in [6.07, 6.45) is 0. The summed E-state index contributed by atoms with van der Waals surface area (Å²) in [6.45, 7) is 0.213. The number of primary amides is 1. The Bertz CT molecular complexity index is 660. The maximum Gasteiger partial charge on any atom is 0.248 e. The molecule has 0 spiro atoms. The van der Waals surface area contributed by atoms with Crippen LogP contribution in [0.2, 0.25) is 10.0 Å². The first-order chi connectivity index (χ1) is 9.47. The smallest absolute Gasteiger partial charge is 0.248 e. The van der Waals surface area contributed by atoms with Gasteiger partial charge in [0, 0.05) is 27.9 Å². The molecular formula is C14H12Cl2N2O2. The van der Waals surface area contributed by atoms with Crippen molar-refractivity contribution in [3.63, 3.8) is 0 Å². The number of hydrogen-bond acceptors (Lipinski definition) is 3. The molecule has 1 amide bonds. The summed E-state index contributed by atoms with van der Waals surface area (Å²) in [5.41, 5.74) is 12.5. The van der Waals surface area contributed by atoms with Crippen LogP contribution in [0.1, 0.15) is 15.9 Å². The Morgan fingerprint density at radius 2 is 1.90 bits per heavy atom. The van der Waals surface area contributed by atoms with Gasteiger partial charge < -0.3 is 16.2 Å². The van der Waals surface area contributed by atoms with Crippen molar-refractivity contribution in [3.8, 4) is 5.75 Å². The SMILES string of the molecule is NC(=O)c1ccc(COc2cc(Cl)ccc2Cl)c(N)c1. The van der Waals surface area contributed by atoms with Crippen molar-refractivity contribution in [2.45, 2.75) is 6.61 Å². The lowest BCUT2D eigenvalue weighted by Crippen LogP contribution is -2.12. The Kier molecular flexibility index (Phi) is 4.37. The van der Waals surface area contributed by atoms with Gasteiger partial charge in [0.1, 0.15) is 12.4 Å². The van der Waals surface area contributed by atoms with E-state index in [-0.39, 0.29) is 6.61 Å². The highest BCUT2D eigenvalue weighted by molar-refractivity contribution is 6.34. The lowest BCUT2D eigenvalue weighted by atomic mass is 10.1. The molecule has 0 unspecified atom stereocenters. The van der Waals surface area contributed by atoms with Crippen molar-refractivity contribution in [2.24, 2.45) is 5.73 Å². The molecule has 0 aliphatic heterocycles. The first kappa shape index (κ1) is 14.5. The van der Waals surface area contributed by atoms with Gasteiger partial charge in [-0.05, 0) is 24.3 Å². The van der Waals surface area contributed by atoms with Gasteiger partial charge in [0.05, 0.1) is 5.02 Å². The lowest BCUT2D eigenvalue weighted by molar-refractivity contribution is 0.100. The first-order valence-corrected chi connectivity index (χ1v) is 6.49. The molecule has 0 aromatic heterocycles. The molecular weight excluding hydrogens is 299 g/mol. The predicted octanol–water partition coefficient (Wildman–Crippen LogP) is 3.25. The number of benzene rings is 2. The summed E-state index contributed by atoms with van der Waals surface area (Å²) < 4.78 is 5.57. The molecule has 6 heteroatoms. The van der Waals surface area contributed by atoms with Crippen molar-refractivity contribution >= 4 is 34.8 Å². The second-order valence-electron chi connectivity index (χ2n) is 4.14. The number of carbonyl (C=O) groups is 1. The Balaban J connectivity index is 2.15. The number of amides is 1. The zero-order valence-corrected chi connectivity index (χ0v) is 11.9. The molecule has 0 saturated heterocycles. The molecule has 2 aromatic carbocycles. The van der Waals surface area contributed by atoms with Crippen LogP contribution in [0.4, 0.5) is 5.69 Å². The summed E-state index contributed by atoms with van der Waals surface area (Å²) in [4.78, 5) is 11.0. The minimum Gasteiger partial charge on any atom is -0.487 e. The van der Waals surface area contributed by atoms with Crippen LogP contribution in [-0.4, -0.2) is 5.91 Å². The van der Waals surface area contributed by atoms with E-state index in [0.717, 1.165) is 5.56 Å². The summed E-state index contributed by atoms with van der Waals surface area (Å²) >= 11 is 11.9. The van der Waals surface area contributed by atoms with Crippen LogP contribution in [0.5, 0.6) is 5.75 Å². The predicted molar refractivity (Wildman–Crippen MR) is 80.2 cm³/mol. The van der Waals surface area contributed by atoms with Crippen LogP contribution in [0, 0.1) is 0 Å². The van der Waals surface area contributed by atoms with Crippen LogP contribution in [-0.2, 0) is 6.61 Å². The average molecular weight is 311 g/mol. The zero-order chi connectivity index (χ0) is 14.7. The van der Waals surface area contributed by atoms with Crippen molar-refractivity contribution in [3.05, 3.63) is 57.6 Å². The quantitative estimate of drug-likeness (QED) is 0.851. The van der Waals surface area contributed by atoms with Gasteiger partial charge in [0.15, 0.2) is 0 Å². The van der Waals surface area contributed by atoms with Crippen LogP contribution in [0.25, 0.3) is 0 Å². The fraction of sp³-hybridized carbons (Fsp3) is 0.0714. The molecule has 0 fully saturated rings. The van der Waals surface area contributed by atoms with Crippen LogP contribution >= 0.6 is 23.2 Å². The van der Waals surface area contributed by atoms with Crippen LogP contribution in [0.15, 0.2) is 36.4 Å². The Hall–Kier alpha value is -1.91. The number of hydrogen-bond donors (Lipinski definition) is 2. The molecule has 4 nitrogen and oxygen atoms in total. The van der Waals surface area contributed by atoms with E-state index in [0.29, 0.717) is 27.0 Å². The number of nitrogen functional groups attached to an aromatic ring is 1. The van der Waals surface area contributed by atoms with Crippen molar-refractivity contribution in [1.29, 1.82) is 0 Å². The second kappa shape index (κ2) is 6.03. The maximum atomic E-state index is 11.0. The molecule has 0 heterocycles. The van der Waals surface area contributed by atoms with E-state index in [1.54, 1.807) is 30.3 Å². The first-order valence-electron chi connectivity index (χ1n) is 5.73. The molecule has 0 saturated carbocycles. The highest BCUT2D eigenvalue weighted by atomic mass is 35.5. The van der Waals surface area contributed by atoms with E-state index >= 15 is 0 Å². The van der Waals surface area contributed by atoms with Gasteiger partial charge in [-0.25, -0.2) is 0 Å². The molecule has 0 aliphatic carbocycles. The van der Waals surface area contributed by atoms with E-state index in [4.69, 9.17) is 39.4 Å². The van der Waals surface area contributed by atoms with Crippen molar-refractivity contribution < 1.29 is 9.53 Å². The number of anilines is 1. The van der Waals surface area contributed by atoms with Gasteiger partial charge in [0.25, 0.3) is 0 Å². The molecule has 0 bridgehead atoms. The van der Waals surface area contributed by atoms with Gasteiger partial charge in [-0.3, -0.25) is 4.79 Å². The number of carbonyl (C=O) groups excluding carboxylic acids is 1.